The minimum absolute atomic E-state index is 0.0762. The third-order valence-electron chi connectivity index (χ3n) is 8.25. The van der Waals surface area contributed by atoms with Gasteiger partial charge in [-0.3, -0.25) is 19.7 Å². The zero-order valence-electron chi connectivity index (χ0n) is 27.3. The molecule has 4 amide bonds. The van der Waals surface area contributed by atoms with Crippen LogP contribution < -0.4 is 11.1 Å². The number of imide groups is 1. The number of nitrogens with one attached hydrogen (secondary N) is 1. The van der Waals surface area contributed by atoms with Gasteiger partial charge >= 0.3 is 6.09 Å². The van der Waals surface area contributed by atoms with E-state index in [4.69, 9.17) is 19.5 Å². The van der Waals surface area contributed by atoms with Gasteiger partial charge in [0.05, 0.1) is 29.6 Å². The van der Waals surface area contributed by atoms with Crippen molar-refractivity contribution in [2.75, 3.05) is 6.54 Å². The van der Waals surface area contributed by atoms with E-state index >= 15 is 0 Å². The van der Waals surface area contributed by atoms with Gasteiger partial charge in [-0.25, -0.2) is 9.18 Å². The number of halogens is 1. The van der Waals surface area contributed by atoms with E-state index in [-0.39, 0.29) is 29.8 Å². The monoisotopic (exact) mass is 678 g/mol. The summed E-state index contributed by atoms with van der Waals surface area (Å²) in [5.41, 5.74) is 8.24. The van der Waals surface area contributed by atoms with Crippen molar-refractivity contribution in [3.8, 4) is 0 Å². The molecule has 3 aromatic heterocycles. The lowest BCUT2D eigenvalue weighted by atomic mass is 9.96. The molecule has 3 aromatic carbocycles. The number of hydrogen-bond acceptors (Lipinski definition) is 9. The van der Waals surface area contributed by atoms with Gasteiger partial charge in [0.1, 0.15) is 22.8 Å². The molecule has 14 heteroatoms. The molecular formula is C36H31FN6O7. The Morgan fingerprint density at radius 1 is 0.920 bits per heavy atom. The smallest absolute Gasteiger partial charge is 0.410 e. The molecule has 3 N–H and O–H groups in total. The lowest BCUT2D eigenvalue weighted by Gasteiger charge is -2.26. The van der Waals surface area contributed by atoms with Crippen LogP contribution >= 0.6 is 0 Å². The SMILES string of the molecule is CC(C)(C)OC(=O)N1CCn2cc(C3=C(c4noc5ccccc45)C(=O)NC3=O)c3cc(F)cc(c32)C1.NC(=O)Cc1noc2ccccc12. The average Bonchev–Trinajstić information content (AvgIpc) is 3.79. The summed E-state index contributed by atoms with van der Waals surface area (Å²) in [4.78, 5) is 51.0. The fourth-order valence-corrected chi connectivity index (χ4v) is 6.22. The predicted octanol–water partition coefficient (Wildman–Crippen LogP) is 5.10. The maximum atomic E-state index is 14.9. The van der Waals surface area contributed by atoms with Crippen LogP contribution in [0.3, 0.4) is 0 Å². The molecule has 0 spiro atoms. The summed E-state index contributed by atoms with van der Waals surface area (Å²) in [7, 11) is 0. The summed E-state index contributed by atoms with van der Waals surface area (Å²) in [6.07, 6.45) is 1.36. The molecule has 0 bridgehead atoms. The van der Waals surface area contributed by atoms with Crippen molar-refractivity contribution in [1.82, 2.24) is 25.1 Å². The molecule has 0 saturated heterocycles. The average molecular weight is 679 g/mol. The summed E-state index contributed by atoms with van der Waals surface area (Å²) in [5.74, 6) is -2.12. The van der Waals surface area contributed by atoms with Crippen LogP contribution in [0.25, 0.3) is 44.0 Å². The van der Waals surface area contributed by atoms with Crippen molar-refractivity contribution in [3.63, 3.8) is 0 Å². The van der Waals surface area contributed by atoms with Gasteiger partial charge in [-0.15, -0.1) is 0 Å². The summed E-state index contributed by atoms with van der Waals surface area (Å²) in [6.45, 7) is 6.21. The van der Waals surface area contributed by atoms with Gasteiger partial charge in [-0.05, 0) is 62.7 Å². The van der Waals surface area contributed by atoms with Gasteiger partial charge in [-0.2, -0.15) is 0 Å². The van der Waals surface area contributed by atoms with Gasteiger partial charge < -0.3 is 29.0 Å². The lowest BCUT2D eigenvalue weighted by Crippen LogP contribution is -2.37. The Morgan fingerprint density at radius 2 is 1.58 bits per heavy atom. The highest BCUT2D eigenvalue weighted by molar-refractivity contribution is 6.50. The molecular weight excluding hydrogens is 647 g/mol. The second kappa shape index (κ2) is 12.3. The lowest BCUT2D eigenvalue weighted by molar-refractivity contribution is -0.123. The van der Waals surface area contributed by atoms with Crippen molar-refractivity contribution in [3.05, 3.63) is 95.2 Å². The molecule has 0 aliphatic carbocycles. The topological polar surface area (TPSA) is 176 Å². The van der Waals surface area contributed by atoms with Crippen LogP contribution in [-0.2, 0) is 38.6 Å². The minimum atomic E-state index is -0.667. The van der Waals surface area contributed by atoms with Crippen LogP contribution in [0.2, 0.25) is 0 Å². The van der Waals surface area contributed by atoms with Gasteiger partial charge in [0.25, 0.3) is 11.8 Å². The second-order valence-corrected chi connectivity index (χ2v) is 12.9. The van der Waals surface area contributed by atoms with E-state index < -0.39 is 35.2 Å². The van der Waals surface area contributed by atoms with Crippen molar-refractivity contribution in [1.29, 1.82) is 0 Å². The summed E-state index contributed by atoms with van der Waals surface area (Å²) < 4.78 is 32.7. The molecule has 0 fully saturated rings. The molecule has 0 saturated carbocycles. The van der Waals surface area contributed by atoms with E-state index in [1.807, 2.05) is 22.8 Å². The van der Waals surface area contributed by atoms with Gasteiger partial charge in [0.2, 0.25) is 5.91 Å². The Bertz CT molecular complexity index is 2400. The summed E-state index contributed by atoms with van der Waals surface area (Å²) >= 11 is 0. The molecule has 2 aliphatic rings. The number of fused-ring (bicyclic) bond motifs is 2. The quantitative estimate of drug-likeness (QED) is 0.241. The molecule has 0 unspecified atom stereocenters. The van der Waals surface area contributed by atoms with Crippen LogP contribution in [0.1, 0.15) is 43.3 Å². The van der Waals surface area contributed by atoms with E-state index in [0.717, 1.165) is 5.39 Å². The predicted molar refractivity (Wildman–Crippen MR) is 179 cm³/mol. The first-order valence-electron chi connectivity index (χ1n) is 15.7. The van der Waals surface area contributed by atoms with Crippen LogP contribution in [0.5, 0.6) is 0 Å². The van der Waals surface area contributed by atoms with Crippen molar-refractivity contribution in [2.45, 2.75) is 45.9 Å². The Balaban J connectivity index is 0.000000253. The Hall–Kier alpha value is -6.31. The highest BCUT2D eigenvalue weighted by atomic mass is 19.1. The van der Waals surface area contributed by atoms with Crippen molar-refractivity contribution >= 4 is 67.8 Å². The highest BCUT2D eigenvalue weighted by Gasteiger charge is 2.37. The van der Waals surface area contributed by atoms with E-state index in [9.17, 15) is 23.6 Å². The van der Waals surface area contributed by atoms with E-state index in [0.29, 0.717) is 57.4 Å². The number of nitrogens with two attached hydrogens (primary N) is 1. The normalized spacial score (nSPS) is 14.6. The zero-order valence-corrected chi connectivity index (χ0v) is 27.3. The van der Waals surface area contributed by atoms with Gasteiger partial charge in [0, 0.05) is 41.0 Å². The fraction of sp³-hybridized carbons (Fsp3) is 0.222. The number of aromatic nitrogens is 3. The number of nitrogens with zero attached hydrogens (tertiary/aromatic N) is 4. The van der Waals surface area contributed by atoms with Crippen LogP contribution in [0.15, 0.2) is 75.9 Å². The first-order chi connectivity index (χ1) is 23.9. The first kappa shape index (κ1) is 32.2. The van der Waals surface area contributed by atoms with Crippen LogP contribution in [0.4, 0.5) is 9.18 Å². The maximum absolute atomic E-state index is 14.9. The third-order valence-corrected chi connectivity index (χ3v) is 8.25. The highest BCUT2D eigenvalue weighted by Crippen LogP contribution is 2.39. The largest absolute Gasteiger partial charge is 0.444 e. The number of benzene rings is 3. The third kappa shape index (κ3) is 5.95. The zero-order chi connectivity index (χ0) is 35.3. The first-order valence-corrected chi connectivity index (χ1v) is 15.7. The Labute approximate surface area is 283 Å². The standard InChI is InChI=1S/C27H23FN4O5.C9H8N2O2/c1-27(2,3)36-26(35)32-9-8-31-13-18(17-11-15(28)10-14(12-32)23(17)31)20-21(25(34)29-24(20)33)22-16-6-4-5-7-19(16)37-30-22;10-9(12)5-7-6-3-1-2-4-8(6)13-11-7/h4-7,10-11,13H,8-9,12H2,1-3H3,(H,29,33,34);1-4H,5H2,(H2,10,12). The number of primary amides is 1. The molecule has 0 radical (unpaired) electrons. The van der Waals surface area contributed by atoms with Crippen LogP contribution in [0, 0.1) is 5.82 Å². The van der Waals surface area contributed by atoms with Crippen molar-refractivity contribution < 1.29 is 37.4 Å². The van der Waals surface area contributed by atoms with Gasteiger partial charge in [-0.1, -0.05) is 34.6 Å². The molecule has 8 rings (SSSR count). The molecule has 254 valence electrons. The molecule has 6 aromatic rings. The maximum Gasteiger partial charge on any atom is 0.410 e. The number of carbonyl (C=O) groups excluding carboxylic acids is 4. The van der Waals surface area contributed by atoms with Crippen LogP contribution in [-0.4, -0.2) is 55.7 Å². The Kier molecular flexibility index (Phi) is 7.93. The van der Waals surface area contributed by atoms with Crippen molar-refractivity contribution in [2.24, 2.45) is 5.73 Å². The number of amides is 4. The molecule has 2 aliphatic heterocycles. The number of para-hydroxylation sites is 2. The minimum Gasteiger partial charge on any atom is -0.444 e. The molecule has 5 heterocycles. The second-order valence-electron chi connectivity index (χ2n) is 12.9. The fourth-order valence-electron chi connectivity index (χ4n) is 6.22. The Morgan fingerprint density at radius 3 is 2.30 bits per heavy atom. The molecule has 13 nitrogen and oxygen atoms in total. The molecule has 0 atom stereocenters. The van der Waals surface area contributed by atoms with E-state index in [1.54, 1.807) is 57.3 Å². The number of rotatable bonds is 4. The summed E-state index contributed by atoms with van der Waals surface area (Å²) in [5, 5.41) is 12.1. The van der Waals surface area contributed by atoms with E-state index in [1.165, 1.54) is 17.0 Å². The number of ether oxygens (including phenoxy) is 1. The number of hydrogen-bond donors (Lipinski definition) is 2. The summed E-state index contributed by atoms with van der Waals surface area (Å²) in [6, 6.07) is 17.1. The van der Waals surface area contributed by atoms with E-state index in [2.05, 4.69) is 15.6 Å². The molecule has 50 heavy (non-hydrogen) atoms. The van der Waals surface area contributed by atoms with Gasteiger partial charge in [0.15, 0.2) is 11.2 Å². The number of carbonyl (C=O) groups is 4.